The molecule has 0 radical (unpaired) electrons. The maximum absolute atomic E-state index is 13.0. The summed E-state index contributed by atoms with van der Waals surface area (Å²) in [6.45, 7) is 1.34. The molecule has 0 spiro atoms. The van der Waals surface area contributed by atoms with E-state index in [1.165, 1.54) is 30.5 Å². The Balaban J connectivity index is 1.48. The summed E-state index contributed by atoms with van der Waals surface area (Å²) >= 11 is 0. The average Bonchev–Trinajstić information content (AvgIpc) is 3.33. The molecule has 1 atom stereocenters. The summed E-state index contributed by atoms with van der Waals surface area (Å²) in [6, 6.07) is 12.9. The fourth-order valence-corrected chi connectivity index (χ4v) is 3.11. The molecule has 4 rings (SSSR count). The summed E-state index contributed by atoms with van der Waals surface area (Å²) in [5.41, 5.74) is 2.98. The number of hydrogen-bond donors (Lipinski definition) is 2. The molecule has 124 valence electrons. The highest BCUT2D eigenvalue weighted by Gasteiger charge is 2.30. The summed E-state index contributed by atoms with van der Waals surface area (Å²) in [5, 5.41) is 18.6. The Hall–Kier alpha value is -2.24. The van der Waals surface area contributed by atoms with Crippen molar-refractivity contribution >= 4 is 10.9 Å². The highest BCUT2D eigenvalue weighted by atomic mass is 19.1. The van der Waals surface area contributed by atoms with Gasteiger partial charge >= 0.3 is 0 Å². The second-order valence-corrected chi connectivity index (χ2v) is 6.52. The van der Waals surface area contributed by atoms with Crippen molar-refractivity contribution in [3.8, 4) is 0 Å². The molecule has 2 N–H and O–H groups in total. The zero-order valence-electron chi connectivity index (χ0n) is 13.3. The molecule has 1 unspecified atom stereocenters. The number of aromatic nitrogens is 2. The van der Waals surface area contributed by atoms with Gasteiger partial charge in [-0.05, 0) is 42.2 Å². The van der Waals surface area contributed by atoms with E-state index in [1.807, 2.05) is 6.20 Å². The van der Waals surface area contributed by atoms with Gasteiger partial charge in [0.25, 0.3) is 0 Å². The highest BCUT2D eigenvalue weighted by Crippen LogP contribution is 2.30. The monoisotopic (exact) mass is 325 g/mol. The van der Waals surface area contributed by atoms with Crippen molar-refractivity contribution in [1.82, 2.24) is 15.1 Å². The van der Waals surface area contributed by atoms with E-state index in [0.29, 0.717) is 12.6 Å². The molecular weight excluding hydrogens is 305 g/mol. The van der Waals surface area contributed by atoms with Gasteiger partial charge in [0.2, 0.25) is 0 Å². The van der Waals surface area contributed by atoms with Crippen molar-refractivity contribution in [2.24, 2.45) is 0 Å². The molecule has 1 aliphatic carbocycles. The van der Waals surface area contributed by atoms with Crippen LogP contribution in [-0.2, 0) is 6.54 Å². The number of nitrogens with one attached hydrogen (secondary N) is 1. The van der Waals surface area contributed by atoms with Crippen molar-refractivity contribution in [1.29, 1.82) is 0 Å². The largest absolute Gasteiger partial charge is 0.387 e. The maximum Gasteiger partial charge on any atom is 0.123 e. The van der Waals surface area contributed by atoms with Crippen LogP contribution in [0.2, 0.25) is 0 Å². The second-order valence-electron chi connectivity index (χ2n) is 6.52. The van der Waals surface area contributed by atoms with E-state index >= 15 is 0 Å². The van der Waals surface area contributed by atoms with Crippen LogP contribution in [0.25, 0.3) is 10.9 Å². The van der Waals surface area contributed by atoms with E-state index in [4.69, 9.17) is 0 Å². The molecular formula is C19H20FN3O. The quantitative estimate of drug-likeness (QED) is 0.730. The van der Waals surface area contributed by atoms with E-state index in [2.05, 4.69) is 33.3 Å². The molecule has 1 saturated carbocycles. The lowest BCUT2D eigenvalue weighted by Gasteiger charge is -2.25. The molecule has 0 amide bonds. The lowest BCUT2D eigenvalue weighted by Crippen LogP contribution is -2.30. The number of aliphatic hydroxyl groups excluding tert-OH is 1. The molecule has 2 aromatic carbocycles. The molecule has 1 fully saturated rings. The first-order valence-electron chi connectivity index (χ1n) is 8.28. The Morgan fingerprint density at radius 2 is 2.00 bits per heavy atom. The van der Waals surface area contributed by atoms with Gasteiger partial charge in [-0.25, -0.2) is 4.39 Å². The number of rotatable bonds is 6. The third-order valence-electron chi connectivity index (χ3n) is 4.62. The summed E-state index contributed by atoms with van der Waals surface area (Å²) in [5.74, 6) is -0.280. The smallest absolute Gasteiger partial charge is 0.123 e. The number of H-pyrrole nitrogens is 1. The van der Waals surface area contributed by atoms with Crippen molar-refractivity contribution in [2.75, 3.05) is 6.54 Å². The van der Waals surface area contributed by atoms with Crippen LogP contribution in [0.4, 0.5) is 4.39 Å². The molecule has 4 nitrogen and oxygen atoms in total. The van der Waals surface area contributed by atoms with Crippen LogP contribution in [0, 0.1) is 5.82 Å². The molecule has 0 aliphatic heterocycles. The maximum atomic E-state index is 13.0. The van der Waals surface area contributed by atoms with E-state index in [-0.39, 0.29) is 5.82 Å². The summed E-state index contributed by atoms with van der Waals surface area (Å²) in [7, 11) is 0. The van der Waals surface area contributed by atoms with Crippen LogP contribution in [0.3, 0.4) is 0 Å². The minimum absolute atomic E-state index is 0.280. The second kappa shape index (κ2) is 6.34. The fraction of sp³-hybridized carbons (Fsp3) is 0.316. The number of halogens is 1. The van der Waals surface area contributed by atoms with E-state index in [0.717, 1.165) is 23.0 Å². The number of aliphatic hydroxyl groups is 1. The zero-order valence-corrected chi connectivity index (χ0v) is 13.3. The van der Waals surface area contributed by atoms with E-state index in [1.54, 1.807) is 12.1 Å². The number of benzene rings is 2. The van der Waals surface area contributed by atoms with E-state index in [9.17, 15) is 9.50 Å². The van der Waals surface area contributed by atoms with Gasteiger partial charge in [0.05, 0.1) is 17.8 Å². The van der Waals surface area contributed by atoms with Crippen molar-refractivity contribution < 1.29 is 9.50 Å². The zero-order chi connectivity index (χ0) is 16.5. The van der Waals surface area contributed by atoms with Crippen LogP contribution >= 0.6 is 0 Å². The average molecular weight is 325 g/mol. The number of aromatic amines is 1. The third kappa shape index (κ3) is 3.32. The minimum atomic E-state index is -0.609. The lowest BCUT2D eigenvalue weighted by molar-refractivity contribution is 0.104. The predicted molar refractivity (Wildman–Crippen MR) is 90.9 cm³/mol. The molecule has 1 aliphatic rings. The SMILES string of the molecule is OC(CN(Cc1ccc2cn[nH]c2c1)C1CC1)c1ccc(F)cc1. The first-order chi connectivity index (χ1) is 11.7. The highest BCUT2D eigenvalue weighted by molar-refractivity contribution is 5.78. The number of hydrogen-bond acceptors (Lipinski definition) is 3. The lowest BCUT2D eigenvalue weighted by atomic mass is 10.1. The Morgan fingerprint density at radius 3 is 2.75 bits per heavy atom. The molecule has 1 heterocycles. The molecule has 5 heteroatoms. The van der Waals surface area contributed by atoms with E-state index < -0.39 is 6.10 Å². The summed E-state index contributed by atoms with van der Waals surface area (Å²) < 4.78 is 13.0. The Labute approximate surface area is 139 Å². The minimum Gasteiger partial charge on any atom is -0.387 e. The molecule has 1 aromatic heterocycles. The summed E-state index contributed by atoms with van der Waals surface area (Å²) in [6.07, 6.45) is 3.54. The topological polar surface area (TPSA) is 52.1 Å². The fourth-order valence-electron chi connectivity index (χ4n) is 3.11. The Morgan fingerprint density at radius 1 is 1.21 bits per heavy atom. The van der Waals surface area contributed by atoms with Gasteiger partial charge < -0.3 is 5.11 Å². The van der Waals surface area contributed by atoms with Crippen molar-refractivity contribution in [3.05, 3.63) is 65.6 Å². The standard InChI is InChI=1S/C19H20FN3O/c20-16-5-3-14(4-6-16)19(24)12-23(17-7-8-17)11-13-1-2-15-10-21-22-18(15)9-13/h1-6,9-10,17,19,24H,7-8,11-12H2,(H,21,22). The van der Waals surface area contributed by atoms with Crippen LogP contribution in [0.15, 0.2) is 48.7 Å². The number of fused-ring (bicyclic) bond motifs is 1. The van der Waals surface area contributed by atoms with Gasteiger partial charge in [-0.2, -0.15) is 5.10 Å². The van der Waals surface area contributed by atoms with Gasteiger partial charge in [-0.3, -0.25) is 10.00 Å². The molecule has 24 heavy (non-hydrogen) atoms. The van der Waals surface area contributed by atoms with Crippen LogP contribution < -0.4 is 0 Å². The van der Waals surface area contributed by atoms with Crippen LogP contribution in [0.5, 0.6) is 0 Å². The molecule has 0 bridgehead atoms. The van der Waals surface area contributed by atoms with Gasteiger partial charge in [0, 0.05) is 24.5 Å². The molecule has 3 aromatic rings. The third-order valence-corrected chi connectivity index (χ3v) is 4.62. The van der Waals surface area contributed by atoms with Gasteiger partial charge in [-0.15, -0.1) is 0 Å². The first-order valence-corrected chi connectivity index (χ1v) is 8.28. The van der Waals surface area contributed by atoms with Crippen molar-refractivity contribution in [2.45, 2.75) is 31.5 Å². The summed E-state index contributed by atoms with van der Waals surface area (Å²) in [4.78, 5) is 2.31. The van der Waals surface area contributed by atoms with Crippen molar-refractivity contribution in [3.63, 3.8) is 0 Å². The van der Waals surface area contributed by atoms with Crippen LogP contribution in [-0.4, -0.2) is 32.8 Å². The number of nitrogens with zero attached hydrogens (tertiary/aromatic N) is 2. The Bertz CT molecular complexity index is 826. The molecule has 0 saturated heterocycles. The van der Waals surface area contributed by atoms with Gasteiger partial charge in [0.1, 0.15) is 5.82 Å². The van der Waals surface area contributed by atoms with Crippen LogP contribution in [0.1, 0.15) is 30.1 Å². The van der Waals surface area contributed by atoms with Gasteiger partial charge in [0.15, 0.2) is 0 Å². The normalized spacial score (nSPS) is 16.0. The predicted octanol–water partition coefficient (Wildman–Crippen LogP) is 3.40. The van der Waals surface area contributed by atoms with Gasteiger partial charge in [-0.1, -0.05) is 24.3 Å². The first kappa shape index (κ1) is 15.3. The Kier molecular flexibility index (Phi) is 4.04.